The third-order valence-corrected chi connectivity index (χ3v) is 5.13. The molecular weight excluding hydrogens is 283 g/mol. The summed E-state index contributed by atoms with van der Waals surface area (Å²) >= 11 is 0. The summed E-state index contributed by atoms with van der Waals surface area (Å²) in [5.41, 5.74) is 0.128. The Balaban J connectivity index is 1.94. The van der Waals surface area contributed by atoms with Gasteiger partial charge in [0.2, 0.25) is 0 Å². The second kappa shape index (κ2) is 5.78. The summed E-state index contributed by atoms with van der Waals surface area (Å²) in [6.07, 6.45) is 2.06. The maximum Gasteiger partial charge on any atom is 0.321 e. The fraction of sp³-hybridized carbons (Fsp3) is 0.462. The van der Waals surface area contributed by atoms with E-state index in [0.717, 1.165) is 0 Å². The number of rotatable bonds is 2. The van der Waals surface area contributed by atoms with Gasteiger partial charge in [-0.25, -0.2) is 17.6 Å². The molecule has 5 nitrogen and oxygen atoms in total. The molecule has 1 aliphatic rings. The fourth-order valence-corrected chi connectivity index (χ4v) is 3.31. The first kappa shape index (κ1) is 14.8. The van der Waals surface area contributed by atoms with E-state index in [4.69, 9.17) is 0 Å². The third-order valence-electron chi connectivity index (χ3n) is 3.45. The number of sulfone groups is 1. The Labute approximate surface area is 117 Å². The van der Waals surface area contributed by atoms with Crippen LogP contribution in [0, 0.1) is 5.82 Å². The number of hydrogen-bond donors (Lipinski definition) is 1. The lowest BCUT2D eigenvalue weighted by Gasteiger charge is -2.31. The van der Waals surface area contributed by atoms with Crippen molar-refractivity contribution in [3.8, 4) is 0 Å². The van der Waals surface area contributed by atoms with Crippen molar-refractivity contribution in [2.24, 2.45) is 0 Å². The van der Waals surface area contributed by atoms with Gasteiger partial charge in [0.1, 0.15) is 15.7 Å². The van der Waals surface area contributed by atoms with Gasteiger partial charge >= 0.3 is 6.03 Å². The number of likely N-dealkylation sites (tertiary alicyclic amines) is 1. The molecule has 20 heavy (non-hydrogen) atoms. The number of carbonyl (C=O) groups excluding carboxylic acids is 1. The van der Waals surface area contributed by atoms with E-state index >= 15 is 0 Å². The van der Waals surface area contributed by atoms with E-state index in [-0.39, 0.29) is 10.9 Å². The number of piperidine rings is 1. The number of hydrogen-bond acceptors (Lipinski definition) is 3. The lowest BCUT2D eigenvalue weighted by atomic mass is 10.1. The van der Waals surface area contributed by atoms with E-state index in [9.17, 15) is 17.6 Å². The van der Waals surface area contributed by atoms with Crippen molar-refractivity contribution in [3.05, 3.63) is 30.1 Å². The summed E-state index contributed by atoms with van der Waals surface area (Å²) in [6, 6.07) is 5.53. The molecule has 1 heterocycles. The third kappa shape index (κ3) is 3.47. The molecule has 1 aromatic rings. The maximum atomic E-state index is 13.4. The van der Waals surface area contributed by atoms with Crippen molar-refractivity contribution >= 4 is 21.6 Å². The number of carbonyl (C=O) groups is 1. The molecule has 7 heteroatoms. The molecule has 110 valence electrons. The zero-order valence-electron chi connectivity index (χ0n) is 11.2. The van der Waals surface area contributed by atoms with Gasteiger partial charge in [0.05, 0.1) is 10.9 Å². The van der Waals surface area contributed by atoms with Gasteiger partial charge in [-0.05, 0) is 25.0 Å². The summed E-state index contributed by atoms with van der Waals surface area (Å²) < 4.78 is 36.3. The molecule has 1 N–H and O–H groups in total. The largest absolute Gasteiger partial charge is 0.324 e. The van der Waals surface area contributed by atoms with Crippen LogP contribution in [-0.2, 0) is 9.84 Å². The number of urea groups is 1. The smallest absolute Gasteiger partial charge is 0.321 e. The Hall–Kier alpha value is -1.63. The molecule has 0 saturated carbocycles. The summed E-state index contributed by atoms with van der Waals surface area (Å²) in [7, 11) is -3.06. The number of anilines is 1. The lowest BCUT2D eigenvalue weighted by Crippen LogP contribution is -2.44. The van der Waals surface area contributed by atoms with Crippen LogP contribution < -0.4 is 5.32 Å². The molecule has 1 aliphatic heterocycles. The van der Waals surface area contributed by atoms with Crippen LogP contribution in [-0.4, -0.2) is 43.9 Å². The first-order valence-corrected chi connectivity index (χ1v) is 8.32. The topological polar surface area (TPSA) is 66.5 Å². The maximum absolute atomic E-state index is 13.4. The summed E-state index contributed by atoms with van der Waals surface area (Å²) in [5.74, 6) is -0.494. The predicted molar refractivity (Wildman–Crippen MR) is 74.9 cm³/mol. The average molecular weight is 300 g/mol. The summed E-state index contributed by atoms with van der Waals surface area (Å²) in [5, 5.41) is 2.11. The van der Waals surface area contributed by atoms with Gasteiger partial charge in [-0.3, -0.25) is 0 Å². The highest BCUT2D eigenvalue weighted by Gasteiger charge is 2.28. The van der Waals surface area contributed by atoms with Crippen LogP contribution >= 0.6 is 0 Å². The minimum Gasteiger partial charge on any atom is -0.324 e. The number of halogens is 1. The average Bonchev–Trinajstić information content (AvgIpc) is 2.40. The van der Waals surface area contributed by atoms with E-state index in [1.165, 1.54) is 23.3 Å². The molecule has 0 spiro atoms. The van der Waals surface area contributed by atoms with Crippen molar-refractivity contribution in [1.29, 1.82) is 0 Å². The van der Waals surface area contributed by atoms with Gasteiger partial charge in [0.25, 0.3) is 0 Å². The van der Waals surface area contributed by atoms with Crippen LogP contribution in [0.4, 0.5) is 14.9 Å². The minimum atomic E-state index is -3.06. The normalized spacial score (nSPS) is 17.0. The van der Waals surface area contributed by atoms with Crippen molar-refractivity contribution in [2.75, 3.05) is 24.7 Å². The van der Waals surface area contributed by atoms with E-state index in [1.54, 1.807) is 12.1 Å². The van der Waals surface area contributed by atoms with Crippen molar-refractivity contribution < 1.29 is 17.6 Å². The zero-order chi connectivity index (χ0) is 14.8. The zero-order valence-corrected chi connectivity index (χ0v) is 12.0. The van der Waals surface area contributed by atoms with E-state index < -0.39 is 21.7 Å². The Morgan fingerprint density at radius 1 is 1.30 bits per heavy atom. The highest BCUT2D eigenvalue weighted by Crippen LogP contribution is 2.19. The molecule has 2 rings (SSSR count). The number of amides is 2. The molecule has 1 aromatic carbocycles. The Bertz CT molecular complexity index is 595. The molecule has 0 aromatic heterocycles. The number of benzene rings is 1. The van der Waals surface area contributed by atoms with Gasteiger partial charge in [-0.2, -0.15) is 0 Å². The Morgan fingerprint density at radius 2 is 1.90 bits per heavy atom. The highest BCUT2D eigenvalue weighted by atomic mass is 32.2. The molecule has 0 radical (unpaired) electrons. The molecular formula is C13H17FN2O3S. The van der Waals surface area contributed by atoms with E-state index in [2.05, 4.69) is 5.32 Å². The molecule has 1 saturated heterocycles. The van der Waals surface area contributed by atoms with Gasteiger partial charge in [0.15, 0.2) is 0 Å². The second-order valence-electron chi connectivity index (χ2n) is 4.93. The van der Waals surface area contributed by atoms with Crippen molar-refractivity contribution in [1.82, 2.24) is 4.90 Å². The first-order chi connectivity index (χ1) is 9.38. The van der Waals surface area contributed by atoms with E-state index in [0.29, 0.717) is 25.9 Å². The van der Waals surface area contributed by atoms with Crippen LogP contribution in [0.1, 0.15) is 12.8 Å². The minimum absolute atomic E-state index is 0.128. The fourth-order valence-electron chi connectivity index (χ4n) is 2.24. The van der Waals surface area contributed by atoms with Gasteiger partial charge in [-0.1, -0.05) is 12.1 Å². The number of nitrogens with one attached hydrogen (secondary N) is 1. The quantitative estimate of drug-likeness (QED) is 0.906. The van der Waals surface area contributed by atoms with Gasteiger partial charge < -0.3 is 10.2 Å². The van der Waals surface area contributed by atoms with Crippen molar-refractivity contribution in [2.45, 2.75) is 18.1 Å². The monoisotopic (exact) mass is 300 g/mol. The second-order valence-corrected chi connectivity index (χ2v) is 7.25. The van der Waals surface area contributed by atoms with Crippen LogP contribution in [0.25, 0.3) is 0 Å². The molecule has 0 unspecified atom stereocenters. The van der Waals surface area contributed by atoms with Crippen molar-refractivity contribution in [3.63, 3.8) is 0 Å². The van der Waals surface area contributed by atoms with E-state index in [1.807, 2.05) is 0 Å². The number of para-hydroxylation sites is 1. The summed E-state index contributed by atoms with van der Waals surface area (Å²) in [6.45, 7) is 0.718. The van der Waals surface area contributed by atoms with Crippen LogP contribution in [0.5, 0.6) is 0 Å². The Kier molecular flexibility index (Phi) is 4.27. The first-order valence-electron chi connectivity index (χ1n) is 6.37. The van der Waals surface area contributed by atoms with Gasteiger partial charge in [-0.15, -0.1) is 0 Å². The SMILES string of the molecule is CS(=O)(=O)C1CCN(C(=O)Nc2ccccc2F)CC1. The van der Waals surface area contributed by atoms with Crippen LogP contribution in [0.15, 0.2) is 24.3 Å². The molecule has 1 fully saturated rings. The predicted octanol–water partition coefficient (Wildman–Crippen LogP) is 1.87. The molecule has 2 amide bonds. The molecule has 0 atom stereocenters. The van der Waals surface area contributed by atoms with Gasteiger partial charge in [0, 0.05) is 19.3 Å². The number of nitrogens with zero attached hydrogens (tertiary/aromatic N) is 1. The molecule has 0 bridgehead atoms. The summed E-state index contributed by atoms with van der Waals surface area (Å²) in [4.78, 5) is 13.5. The Morgan fingerprint density at radius 3 is 2.45 bits per heavy atom. The van der Waals surface area contributed by atoms with Crippen LogP contribution in [0.2, 0.25) is 0 Å². The van der Waals surface area contributed by atoms with Crippen LogP contribution in [0.3, 0.4) is 0 Å². The standard InChI is InChI=1S/C13H17FN2O3S/c1-20(18,19)10-6-8-16(9-7-10)13(17)15-12-5-3-2-4-11(12)14/h2-5,10H,6-9H2,1H3,(H,15,17). The molecule has 0 aliphatic carbocycles. The lowest BCUT2D eigenvalue weighted by molar-refractivity contribution is 0.200. The highest BCUT2D eigenvalue weighted by molar-refractivity contribution is 7.91.